The van der Waals surface area contributed by atoms with Gasteiger partial charge in [-0.25, -0.2) is 9.31 Å². The van der Waals surface area contributed by atoms with Gasteiger partial charge < -0.3 is 25.8 Å². The molecule has 34 heavy (non-hydrogen) atoms. The summed E-state index contributed by atoms with van der Waals surface area (Å²) in [7, 11) is 0. The van der Waals surface area contributed by atoms with Crippen molar-refractivity contribution in [3.8, 4) is 17.6 Å². The number of nitrogens with zero attached hydrogens (tertiary/aromatic N) is 3. The quantitative estimate of drug-likeness (QED) is 0.323. The number of nitrogens with one attached hydrogen (secondary N) is 3. The predicted octanol–water partition coefficient (Wildman–Crippen LogP) is 4.55. The van der Waals surface area contributed by atoms with Crippen molar-refractivity contribution in [1.82, 2.24) is 14.9 Å². The maximum Gasteiger partial charge on any atom is 0.319 e. The summed E-state index contributed by atoms with van der Waals surface area (Å²) in [6, 6.07) is 18.6. The van der Waals surface area contributed by atoms with Crippen molar-refractivity contribution in [3.05, 3.63) is 78.1 Å². The normalized spacial score (nSPS) is 11.5. The molecule has 0 radical (unpaired) electrons. The van der Waals surface area contributed by atoms with E-state index in [-0.39, 0.29) is 6.54 Å². The Bertz CT molecular complexity index is 1340. The van der Waals surface area contributed by atoms with Crippen LogP contribution in [0, 0.1) is 18.3 Å². The SMILES string of the molecule is Cc1c(NC(=O)NC[C@@H](C)O)cn2ncc(C#N)c(Nc3ccc(Oc4ccccc4)cc3)c12. The Balaban J connectivity index is 1.59. The number of fused-ring (bicyclic) bond motifs is 1. The first-order valence-corrected chi connectivity index (χ1v) is 10.7. The Hall–Kier alpha value is -4.55. The fraction of sp³-hybridized carbons (Fsp3) is 0.160. The smallest absolute Gasteiger partial charge is 0.319 e. The highest BCUT2D eigenvalue weighted by Crippen LogP contribution is 2.33. The monoisotopic (exact) mass is 456 g/mol. The van der Waals surface area contributed by atoms with Crippen LogP contribution >= 0.6 is 0 Å². The molecule has 2 amide bonds. The van der Waals surface area contributed by atoms with E-state index in [1.165, 1.54) is 6.20 Å². The molecule has 0 aliphatic rings. The third kappa shape index (κ3) is 5.09. The van der Waals surface area contributed by atoms with Crippen LogP contribution in [0.15, 0.2) is 67.0 Å². The molecular weight excluding hydrogens is 432 g/mol. The molecule has 172 valence electrons. The number of aliphatic hydroxyl groups is 1. The molecule has 0 spiro atoms. The molecule has 0 bridgehead atoms. The van der Waals surface area contributed by atoms with Crippen LogP contribution < -0.4 is 20.7 Å². The zero-order chi connectivity index (χ0) is 24.1. The lowest BCUT2D eigenvalue weighted by atomic mass is 10.1. The maximum absolute atomic E-state index is 12.2. The van der Waals surface area contributed by atoms with E-state index < -0.39 is 12.1 Å². The minimum absolute atomic E-state index is 0.131. The number of urea groups is 1. The number of ether oxygens (including phenoxy) is 1. The summed E-state index contributed by atoms with van der Waals surface area (Å²) in [5.41, 5.74) is 3.64. The van der Waals surface area contributed by atoms with Crippen LogP contribution in [0.1, 0.15) is 18.1 Å². The first kappa shape index (κ1) is 22.6. The minimum Gasteiger partial charge on any atom is -0.457 e. The Labute approximate surface area is 196 Å². The van der Waals surface area contributed by atoms with E-state index in [1.807, 2.05) is 61.5 Å². The number of hydrogen-bond acceptors (Lipinski definition) is 6. The van der Waals surface area contributed by atoms with Gasteiger partial charge >= 0.3 is 6.03 Å². The van der Waals surface area contributed by atoms with Gasteiger partial charge in [-0.05, 0) is 50.2 Å². The average molecular weight is 457 g/mol. The van der Waals surface area contributed by atoms with Gasteiger partial charge in [0.15, 0.2) is 0 Å². The van der Waals surface area contributed by atoms with E-state index >= 15 is 0 Å². The first-order chi connectivity index (χ1) is 16.4. The molecule has 0 saturated heterocycles. The Kier molecular flexibility index (Phi) is 6.62. The number of rotatable bonds is 7. The summed E-state index contributed by atoms with van der Waals surface area (Å²) in [4.78, 5) is 12.2. The van der Waals surface area contributed by atoms with Crippen molar-refractivity contribution in [2.45, 2.75) is 20.0 Å². The van der Waals surface area contributed by atoms with Gasteiger partial charge in [-0.15, -0.1) is 0 Å². The summed E-state index contributed by atoms with van der Waals surface area (Å²) in [5.74, 6) is 1.43. The number of hydrogen-bond donors (Lipinski definition) is 4. The Morgan fingerprint density at radius 2 is 1.88 bits per heavy atom. The number of para-hydroxylation sites is 1. The largest absolute Gasteiger partial charge is 0.457 e. The molecule has 2 aromatic carbocycles. The van der Waals surface area contributed by atoms with Crippen LogP contribution in [0.2, 0.25) is 0 Å². The Morgan fingerprint density at radius 3 is 2.56 bits per heavy atom. The van der Waals surface area contributed by atoms with Crippen LogP contribution in [0.4, 0.5) is 21.9 Å². The molecule has 0 fully saturated rings. The third-order valence-corrected chi connectivity index (χ3v) is 5.09. The van der Waals surface area contributed by atoms with Crippen molar-refractivity contribution < 1.29 is 14.6 Å². The van der Waals surface area contributed by atoms with Crippen LogP contribution in [0.25, 0.3) is 5.52 Å². The number of benzene rings is 2. The van der Waals surface area contributed by atoms with Crippen molar-refractivity contribution in [1.29, 1.82) is 5.26 Å². The molecule has 4 N–H and O–H groups in total. The highest BCUT2D eigenvalue weighted by molar-refractivity contribution is 5.94. The van der Waals surface area contributed by atoms with Gasteiger partial charge in [0.05, 0.1) is 41.0 Å². The lowest BCUT2D eigenvalue weighted by molar-refractivity contribution is 0.190. The van der Waals surface area contributed by atoms with Gasteiger partial charge in [-0.3, -0.25) is 0 Å². The molecule has 0 saturated carbocycles. The van der Waals surface area contributed by atoms with Crippen molar-refractivity contribution in [3.63, 3.8) is 0 Å². The van der Waals surface area contributed by atoms with E-state index in [1.54, 1.807) is 17.6 Å². The fourth-order valence-corrected chi connectivity index (χ4v) is 3.41. The number of aromatic nitrogens is 2. The summed E-state index contributed by atoms with van der Waals surface area (Å²) in [6.07, 6.45) is 2.49. The van der Waals surface area contributed by atoms with E-state index in [0.717, 1.165) is 17.0 Å². The zero-order valence-corrected chi connectivity index (χ0v) is 18.7. The topological polar surface area (TPSA) is 124 Å². The van der Waals surface area contributed by atoms with Crippen molar-refractivity contribution in [2.75, 3.05) is 17.2 Å². The highest BCUT2D eigenvalue weighted by Gasteiger charge is 2.17. The third-order valence-electron chi connectivity index (χ3n) is 5.09. The van der Waals surface area contributed by atoms with Gasteiger partial charge in [0.25, 0.3) is 0 Å². The molecule has 0 unspecified atom stereocenters. The average Bonchev–Trinajstić information content (AvgIpc) is 3.15. The van der Waals surface area contributed by atoms with Crippen molar-refractivity contribution in [2.24, 2.45) is 0 Å². The Morgan fingerprint density at radius 1 is 1.18 bits per heavy atom. The van der Waals surface area contributed by atoms with E-state index in [0.29, 0.717) is 28.2 Å². The number of amides is 2. The van der Waals surface area contributed by atoms with Gasteiger partial charge in [0.2, 0.25) is 0 Å². The van der Waals surface area contributed by atoms with Gasteiger partial charge in [0, 0.05) is 17.8 Å². The molecule has 4 aromatic rings. The second kappa shape index (κ2) is 9.94. The molecule has 2 aromatic heterocycles. The van der Waals surface area contributed by atoms with Crippen molar-refractivity contribution >= 4 is 28.6 Å². The molecular formula is C25H24N6O3. The van der Waals surface area contributed by atoms with Crippen LogP contribution in [0.5, 0.6) is 11.5 Å². The molecule has 9 nitrogen and oxygen atoms in total. The summed E-state index contributed by atoms with van der Waals surface area (Å²) < 4.78 is 7.44. The zero-order valence-electron chi connectivity index (χ0n) is 18.7. The van der Waals surface area contributed by atoms with Crippen LogP contribution in [-0.2, 0) is 0 Å². The van der Waals surface area contributed by atoms with Crippen LogP contribution in [-0.4, -0.2) is 33.4 Å². The second-order valence-corrected chi connectivity index (χ2v) is 7.75. The standard InChI is InChI=1S/C25H24N6O3/c1-16(32)13-27-25(33)30-22-15-31-24(17(22)2)23(18(12-26)14-28-31)29-19-8-10-21(11-9-19)34-20-6-4-3-5-7-20/h3-11,14-16,29,32H,13H2,1-2H3,(H2,27,30,33)/t16-/m1/s1. The molecule has 4 rings (SSSR count). The van der Waals surface area contributed by atoms with Gasteiger partial charge in [0.1, 0.15) is 17.6 Å². The fourth-order valence-electron chi connectivity index (χ4n) is 3.41. The van der Waals surface area contributed by atoms with E-state index in [9.17, 15) is 15.2 Å². The number of nitriles is 1. The molecule has 2 heterocycles. The first-order valence-electron chi connectivity index (χ1n) is 10.7. The summed E-state index contributed by atoms with van der Waals surface area (Å²) in [6.45, 7) is 3.56. The second-order valence-electron chi connectivity index (χ2n) is 7.75. The maximum atomic E-state index is 12.2. The minimum atomic E-state index is -0.653. The number of anilines is 3. The van der Waals surface area contributed by atoms with E-state index in [4.69, 9.17) is 4.74 Å². The molecule has 9 heteroatoms. The molecule has 0 aliphatic carbocycles. The van der Waals surface area contributed by atoms with E-state index in [2.05, 4.69) is 27.1 Å². The molecule has 1 atom stereocenters. The lowest BCUT2D eigenvalue weighted by Crippen LogP contribution is -2.34. The number of carbonyl (C=O) groups excluding carboxylic acids is 1. The molecule has 0 aliphatic heterocycles. The summed E-state index contributed by atoms with van der Waals surface area (Å²) in [5, 5.41) is 32.0. The number of aliphatic hydroxyl groups excluding tert-OH is 1. The lowest BCUT2D eigenvalue weighted by Gasteiger charge is -2.12. The highest BCUT2D eigenvalue weighted by atomic mass is 16.5. The predicted molar refractivity (Wildman–Crippen MR) is 130 cm³/mol. The number of carbonyl (C=O) groups is 1. The van der Waals surface area contributed by atoms with Gasteiger partial charge in [-0.1, -0.05) is 18.2 Å². The van der Waals surface area contributed by atoms with Crippen LogP contribution in [0.3, 0.4) is 0 Å². The summed E-state index contributed by atoms with van der Waals surface area (Å²) >= 11 is 0. The number of aryl methyl sites for hydroxylation is 1. The van der Waals surface area contributed by atoms with Gasteiger partial charge in [-0.2, -0.15) is 10.4 Å².